The van der Waals surface area contributed by atoms with E-state index in [2.05, 4.69) is 28.6 Å². The van der Waals surface area contributed by atoms with E-state index in [4.69, 9.17) is 5.11 Å². The fourth-order valence-electron chi connectivity index (χ4n) is 3.79. The van der Waals surface area contributed by atoms with Gasteiger partial charge in [-0.15, -0.1) is 0 Å². The number of hydrogen-bond acceptors (Lipinski definition) is 4. The maximum Gasteiger partial charge on any atom is 0.320 e. The number of carboxylic acid groups (broad SMARTS) is 1. The number of carbonyl (C=O) groups excluding carboxylic acids is 1. The van der Waals surface area contributed by atoms with Gasteiger partial charge in [-0.05, 0) is 42.2 Å². The van der Waals surface area contributed by atoms with Crippen molar-refractivity contribution in [3.8, 4) is 11.1 Å². The Morgan fingerprint density at radius 3 is 2.67 bits per heavy atom. The number of aromatic nitrogens is 2. The summed E-state index contributed by atoms with van der Waals surface area (Å²) in [4.78, 5) is 26.0. The van der Waals surface area contributed by atoms with Crippen molar-refractivity contribution >= 4 is 17.6 Å². The first-order valence-electron chi connectivity index (χ1n) is 9.94. The summed E-state index contributed by atoms with van der Waals surface area (Å²) in [5, 5.41) is 16.3. The van der Waals surface area contributed by atoms with Crippen LogP contribution in [0.3, 0.4) is 0 Å². The quantitative estimate of drug-likeness (QED) is 0.660. The number of hydrogen-bond donors (Lipinski definition) is 2. The van der Waals surface area contributed by atoms with Crippen LogP contribution >= 0.6 is 0 Å². The molecule has 1 aliphatic heterocycles. The van der Waals surface area contributed by atoms with E-state index in [9.17, 15) is 9.59 Å². The molecule has 7 nitrogen and oxygen atoms in total. The third-order valence-electron chi connectivity index (χ3n) is 5.51. The van der Waals surface area contributed by atoms with Gasteiger partial charge in [0.25, 0.3) is 5.91 Å². The molecule has 154 valence electrons. The van der Waals surface area contributed by atoms with Gasteiger partial charge in [0.15, 0.2) is 5.69 Å². The van der Waals surface area contributed by atoms with E-state index >= 15 is 0 Å². The standard InChI is InChI=1S/C23H24N4O3/c1-15(23(29)30)24-14-17-13-20(25-26(17)2)22(28)27-12-11-19-18(9-6-10-21(19)27)16-7-4-3-5-8-16/h3-10,13,15,24H,11-12,14H2,1-2H3,(H,29,30)/t15-/m0/s1. The van der Waals surface area contributed by atoms with Crippen molar-refractivity contribution in [1.29, 1.82) is 0 Å². The zero-order chi connectivity index (χ0) is 21.3. The van der Waals surface area contributed by atoms with E-state index in [1.54, 1.807) is 29.6 Å². The largest absolute Gasteiger partial charge is 0.480 e. The first-order chi connectivity index (χ1) is 14.5. The number of carbonyl (C=O) groups is 2. The molecule has 0 unspecified atom stereocenters. The van der Waals surface area contributed by atoms with Crippen molar-refractivity contribution < 1.29 is 14.7 Å². The molecule has 2 aromatic carbocycles. The second kappa shape index (κ2) is 8.12. The number of nitrogens with zero attached hydrogens (tertiary/aromatic N) is 3. The molecule has 2 heterocycles. The first kappa shape index (κ1) is 19.8. The van der Waals surface area contributed by atoms with Crippen LogP contribution in [0.25, 0.3) is 11.1 Å². The van der Waals surface area contributed by atoms with E-state index in [0.717, 1.165) is 28.9 Å². The molecule has 0 aliphatic carbocycles. The third kappa shape index (κ3) is 3.71. The number of amides is 1. The fourth-order valence-corrected chi connectivity index (χ4v) is 3.79. The molecule has 0 bridgehead atoms. The van der Waals surface area contributed by atoms with Crippen molar-refractivity contribution in [3.63, 3.8) is 0 Å². The highest BCUT2D eigenvalue weighted by atomic mass is 16.4. The Hall–Kier alpha value is -3.45. The number of fused-ring (bicyclic) bond motifs is 1. The molecule has 0 saturated carbocycles. The van der Waals surface area contributed by atoms with Crippen molar-refractivity contribution in [2.24, 2.45) is 7.05 Å². The summed E-state index contributed by atoms with van der Waals surface area (Å²) in [6, 6.07) is 17.3. The number of carboxylic acids is 1. The maximum atomic E-state index is 13.2. The molecule has 0 radical (unpaired) electrons. The third-order valence-corrected chi connectivity index (χ3v) is 5.51. The van der Waals surface area contributed by atoms with Crippen molar-refractivity contribution in [3.05, 3.63) is 71.5 Å². The van der Waals surface area contributed by atoms with Gasteiger partial charge in [0.05, 0.1) is 5.69 Å². The van der Waals surface area contributed by atoms with Gasteiger partial charge in [-0.2, -0.15) is 5.10 Å². The summed E-state index contributed by atoms with van der Waals surface area (Å²) in [5.74, 6) is -1.07. The highest BCUT2D eigenvalue weighted by Crippen LogP contribution is 2.36. The van der Waals surface area contributed by atoms with Crippen LogP contribution in [0.1, 0.15) is 28.7 Å². The number of aliphatic carboxylic acids is 1. The number of rotatable bonds is 6. The number of aryl methyl sites for hydroxylation is 1. The van der Waals surface area contributed by atoms with Gasteiger partial charge in [0.2, 0.25) is 0 Å². The Morgan fingerprint density at radius 2 is 1.93 bits per heavy atom. The van der Waals surface area contributed by atoms with E-state index in [-0.39, 0.29) is 5.91 Å². The first-order valence-corrected chi connectivity index (χ1v) is 9.94. The molecule has 2 N–H and O–H groups in total. The molecular weight excluding hydrogens is 380 g/mol. The molecule has 7 heteroatoms. The SMILES string of the molecule is C[C@H](NCc1cc(C(=O)N2CCc3c(-c4ccccc4)cccc32)nn1C)C(=O)O. The lowest BCUT2D eigenvalue weighted by Crippen LogP contribution is -2.33. The van der Waals surface area contributed by atoms with Crippen LogP contribution in [0.2, 0.25) is 0 Å². The van der Waals surface area contributed by atoms with Crippen molar-refractivity contribution in [2.75, 3.05) is 11.4 Å². The highest BCUT2D eigenvalue weighted by molar-refractivity contribution is 6.06. The smallest absolute Gasteiger partial charge is 0.320 e. The van der Waals surface area contributed by atoms with Gasteiger partial charge in [-0.25, -0.2) is 0 Å². The lowest BCUT2D eigenvalue weighted by atomic mass is 9.98. The number of benzene rings is 2. The molecule has 1 aromatic heterocycles. The Labute approximate surface area is 174 Å². The van der Waals surface area contributed by atoms with Crippen LogP contribution in [-0.2, 0) is 24.8 Å². The monoisotopic (exact) mass is 404 g/mol. The topological polar surface area (TPSA) is 87.5 Å². The average molecular weight is 404 g/mol. The minimum Gasteiger partial charge on any atom is -0.480 e. The molecule has 1 amide bonds. The van der Waals surface area contributed by atoms with E-state index in [0.29, 0.717) is 18.8 Å². The summed E-state index contributed by atoms with van der Waals surface area (Å²) in [5.41, 5.74) is 5.50. The predicted molar refractivity (Wildman–Crippen MR) is 114 cm³/mol. The summed E-state index contributed by atoms with van der Waals surface area (Å²) in [6.07, 6.45) is 0.795. The second-order valence-corrected chi connectivity index (χ2v) is 7.46. The molecule has 0 fully saturated rings. The zero-order valence-corrected chi connectivity index (χ0v) is 17.0. The minimum absolute atomic E-state index is 0.146. The number of anilines is 1. The molecule has 1 aliphatic rings. The maximum absolute atomic E-state index is 13.2. The molecular formula is C23H24N4O3. The molecule has 4 rings (SSSR count). The predicted octanol–water partition coefficient (Wildman–Crippen LogP) is 2.85. The Balaban J connectivity index is 1.57. The van der Waals surface area contributed by atoms with Gasteiger partial charge < -0.3 is 10.0 Å². The average Bonchev–Trinajstić information content (AvgIpc) is 3.35. The van der Waals surface area contributed by atoms with Crippen LogP contribution < -0.4 is 10.2 Å². The molecule has 3 aromatic rings. The van der Waals surface area contributed by atoms with E-state index in [1.165, 1.54) is 5.56 Å². The van der Waals surface area contributed by atoms with Gasteiger partial charge in [-0.1, -0.05) is 42.5 Å². The lowest BCUT2D eigenvalue weighted by molar-refractivity contribution is -0.139. The van der Waals surface area contributed by atoms with Crippen LogP contribution in [0.5, 0.6) is 0 Å². The van der Waals surface area contributed by atoms with Crippen LogP contribution in [-0.4, -0.2) is 39.4 Å². The molecule has 30 heavy (non-hydrogen) atoms. The van der Waals surface area contributed by atoms with Crippen LogP contribution in [0.4, 0.5) is 5.69 Å². The summed E-state index contributed by atoms with van der Waals surface area (Å²) in [6.45, 7) is 2.51. The molecule has 0 spiro atoms. The van der Waals surface area contributed by atoms with Crippen molar-refractivity contribution in [2.45, 2.75) is 25.9 Å². The van der Waals surface area contributed by atoms with Gasteiger partial charge in [-0.3, -0.25) is 19.6 Å². The van der Waals surface area contributed by atoms with Gasteiger partial charge in [0.1, 0.15) is 6.04 Å². The Kier molecular flexibility index (Phi) is 5.37. The highest BCUT2D eigenvalue weighted by Gasteiger charge is 2.29. The zero-order valence-electron chi connectivity index (χ0n) is 17.0. The Bertz CT molecular complexity index is 1090. The lowest BCUT2D eigenvalue weighted by Gasteiger charge is -2.16. The van der Waals surface area contributed by atoms with Gasteiger partial charge in [0, 0.05) is 25.8 Å². The minimum atomic E-state index is -0.920. The van der Waals surface area contributed by atoms with Crippen molar-refractivity contribution in [1.82, 2.24) is 15.1 Å². The van der Waals surface area contributed by atoms with Crippen LogP contribution in [0.15, 0.2) is 54.6 Å². The van der Waals surface area contributed by atoms with E-state index in [1.807, 2.05) is 30.3 Å². The Morgan fingerprint density at radius 1 is 1.17 bits per heavy atom. The summed E-state index contributed by atoms with van der Waals surface area (Å²) in [7, 11) is 1.75. The molecule has 1 atom stereocenters. The normalized spacial score (nSPS) is 13.9. The number of nitrogens with one attached hydrogen (secondary N) is 1. The fraction of sp³-hybridized carbons (Fsp3) is 0.261. The van der Waals surface area contributed by atoms with Crippen LogP contribution in [0, 0.1) is 0 Å². The summed E-state index contributed by atoms with van der Waals surface area (Å²) < 4.78 is 1.62. The molecule has 0 saturated heterocycles. The second-order valence-electron chi connectivity index (χ2n) is 7.46. The van der Waals surface area contributed by atoms with Gasteiger partial charge >= 0.3 is 5.97 Å². The van der Waals surface area contributed by atoms with E-state index < -0.39 is 12.0 Å². The summed E-state index contributed by atoms with van der Waals surface area (Å²) >= 11 is 0.